The molecule has 0 aliphatic heterocycles. The van der Waals surface area contributed by atoms with Crippen LogP contribution in [-0.4, -0.2) is 31.4 Å². The molecule has 1 atom stereocenters. The highest BCUT2D eigenvalue weighted by molar-refractivity contribution is 7.99. The number of nitro groups is 1. The van der Waals surface area contributed by atoms with E-state index in [1.54, 1.807) is 11.8 Å². The van der Waals surface area contributed by atoms with Crippen LogP contribution in [0.5, 0.6) is 0 Å². The average molecular weight is 293 g/mol. The van der Waals surface area contributed by atoms with Gasteiger partial charge in [0.1, 0.15) is 12.4 Å². The van der Waals surface area contributed by atoms with E-state index in [0.717, 1.165) is 10.6 Å². The third-order valence-corrected chi connectivity index (χ3v) is 3.77. The van der Waals surface area contributed by atoms with Crippen molar-refractivity contribution in [2.24, 2.45) is 0 Å². The molecular weight excluding hydrogens is 278 g/mol. The lowest BCUT2D eigenvalue weighted by Crippen LogP contribution is -2.17. The maximum Gasteiger partial charge on any atom is 0.434 e. The fourth-order valence-corrected chi connectivity index (χ4v) is 2.74. The van der Waals surface area contributed by atoms with Crippen LogP contribution in [0.1, 0.15) is 6.42 Å². The number of aromatic nitrogens is 2. The second-order valence-electron chi connectivity index (χ2n) is 4.24. The Hall–Kier alpha value is -1.86. The first-order valence-electron chi connectivity index (χ1n) is 6.18. The molecule has 2 rings (SSSR count). The first kappa shape index (κ1) is 14.5. The highest BCUT2D eigenvalue weighted by Gasteiger charge is 2.17. The smallest absolute Gasteiger partial charge is 0.390 e. The van der Waals surface area contributed by atoms with Crippen LogP contribution in [0.3, 0.4) is 0 Å². The van der Waals surface area contributed by atoms with Crippen molar-refractivity contribution >= 4 is 17.7 Å². The summed E-state index contributed by atoms with van der Waals surface area (Å²) in [5, 5.41) is 20.6. The van der Waals surface area contributed by atoms with E-state index < -0.39 is 11.0 Å². The quantitative estimate of drug-likeness (QED) is 0.481. The predicted octanol–water partition coefficient (Wildman–Crippen LogP) is 2.33. The zero-order valence-electron chi connectivity index (χ0n) is 10.8. The summed E-state index contributed by atoms with van der Waals surface area (Å²) < 4.78 is 1.36. The van der Waals surface area contributed by atoms with Crippen LogP contribution in [0.4, 0.5) is 5.95 Å². The molecule has 0 spiro atoms. The Labute approximate surface area is 120 Å². The zero-order valence-corrected chi connectivity index (χ0v) is 11.6. The van der Waals surface area contributed by atoms with Crippen LogP contribution in [0.25, 0.3) is 0 Å². The normalized spacial score (nSPS) is 12.2. The van der Waals surface area contributed by atoms with Crippen LogP contribution in [-0.2, 0) is 6.54 Å². The molecule has 0 saturated heterocycles. The third kappa shape index (κ3) is 4.07. The second kappa shape index (κ2) is 7.06. The van der Waals surface area contributed by atoms with Gasteiger partial charge in [-0.1, -0.05) is 23.2 Å². The van der Waals surface area contributed by atoms with Gasteiger partial charge in [0.05, 0.1) is 12.6 Å². The summed E-state index contributed by atoms with van der Waals surface area (Å²) in [7, 11) is 0. The molecule has 106 valence electrons. The van der Waals surface area contributed by atoms with E-state index in [1.807, 2.05) is 30.3 Å². The number of hydrogen-bond acceptors (Lipinski definition) is 5. The zero-order chi connectivity index (χ0) is 14.4. The number of aliphatic hydroxyl groups is 1. The Morgan fingerprint density at radius 3 is 2.85 bits per heavy atom. The van der Waals surface area contributed by atoms with Crippen LogP contribution in [0, 0.1) is 10.1 Å². The maximum atomic E-state index is 10.7. The molecule has 1 heterocycles. The van der Waals surface area contributed by atoms with Crippen molar-refractivity contribution in [1.82, 2.24) is 9.55 Å². The molecule has 0 aliphatic rings. The van der Waals surface area contributed by atoms with Gasteiger partial charge in [-0.15, -0.1) is 11.8 Å². The van der Waals surface area contributed by atoms with Crippen molar-refractivity contribution in [3.8, 4) is 0 Å². The highest BCUT2D eigenvalue weighted by Crippen LogP contribution is 2.19. The first-order valence-corrected chi connectivity index (χ1v) is 7.17. The molecule has 0 saturated carbocycles. The number of imidazole rings is 1. The van der Waals surface area contributed by atoms with Crippen molar-refractivity contribution in [1.29, 1.82) is 0 Å². The molecule has 0 bridgehead atoms. The van der Waals surface area contributed by atoms with Crippen LogP contribution >= 0.6 is 11.8 Å². The van der Waals surface area contributed by atoms with Gasteiger partial charge in [0.15, 0.2) is 0 Å². The summed E-state index contributed by atoms with van der Waals surface area (Å²) in [6, 6.07) is 9.91. The number of hydrogen-bond donors (Lipinski definition) is 1. The lowest BCUT2D eigenvalue weighted by atomic mass is 10.3. The summed E-state index contributed by atoms with van der Waals surface area (Å²) in [5.41, 5.74) is 0. The van der Waals surface area contributed by atoms with Gasteiger partial charge < -0.3 is 15.2 Å². The van der Waals surface area contributed by atoms with Gasteiger partial charge in [-0.3, -0.25) is 0 Å². The van der Waals surface area contributed by atoms with E-state index in [9.17, 15) is 15.2 Å². The molecule has 0 amide bonds. The summed E-state index contributed by atoms with van der Waals surface area (Å²) in [4.78, 5) is 14.9. The van der Waals surface area contributed by atoms with Crippen LogP contribution in [0.15, 0.2) is 47.6 Å². The summed E-state index contributed by atoms with van der Waals surface area (Å²) >= 11 is 1.65. The Morgan fingerprint density at radius 2 is 2.15 bits per heavy atom. The van der Waals surface area contributed by atoms with Gasteiger partial charge >= 0.3 is 5.95 Å². The molecule has 2 aromatic rings. The van der Waals surface area contributed by atoms with E-state index in [0.29, 0.717) is 6.42 Å². The van der Waals surface area contributed by atoms with Gasteiger partial charge in [-0.2, -0.15) is 0 Å². The number of benzene rings is 1. The van der Waals surface area contributed by atoms with Crippen molar-refractivity contribution in [2.45, 2.75) is 24.0 Å². The molecule has 0 fully saturated rings. The molecule has 0 radical (unpaired) electrons. The monoisotopic (exact) mass is 293 g/mol. The van der Waals surface area contributed by atoms with Gasteiger partial charge in [0.2, 0.25) is 0 Å². The number of rotatable bonds is 7. The Bertz CT molecular complexity index is 559. The summed E-state index contributed by atoms with van der Waals surface area (Å²) in [6.07, 6.45) is 2.81. The minimum absolute atomic E-state index is 0.186. The van der Waals surface area contributed by atoms with Gasteiger partial charge in [0, 0.05) is 10.6 Å². The number of aliphatic hydroxyl groups excluding tert-OH is 1. The van der Waals surface area contributed by atoms with Gasteiger partial charge in [-0.25, -0.2) is 4.57 Å². The number of nitrogens with zero attached hydrogens (tertiary/aromatic N) is 3. The molecule has 0 aliphatic carbocycles. The topological polar surface area (TPSA) is 81.2 Å². The first-order chi connectivity index (χ1) is 9.66. The van der Waals surface area contributed by atoms with Crippen LogP contribution < -0.4 is 0 Å². The third-order valence-electron chi connectivity index (χ3n) is 2.73. The maximum absolute atomic E-state index is 10.7. The predicted molar refractivity (Wildman–Crippen MR) is 76.7 cm³/mol. The fraction of sp³-hybridized carbons (Fsp3) is 0.308. The van der Waals surface area contributed by atoms with E-state index in [4.69, 9.17) is 0 Å². The fourth-order valence-electron chi connectivity index (χ4n) is 1.76. The standard InChI is InChI=1S/C13H15N3O3S/c17-11(6-9-20-12-4-2-1-3-5-12)10-15-8-7-14-13(15)16(18)19/h1-5,7-8,11,17H,6,9-10H2. The lowest BCUT2D eigenvalue weighted by molar-refractivity contribution is -0.397. The summed E-state index contributed by atoms with van der Waals surface area (Å²) in [5.74, 6) is 0.521. The minimum Gasteiger partial charge on any atom is -0.390 e. The molecule has 7 heteroatoms. The van der Waals surface area contributed by atoms with Crippen molar-refractivity contribution in [3.05, 3.63) is 52.8 Å². The SMILES string of the molecule is O=[N+]([O-])c1nccn1CC(O)CCSc1ccccc1. The molecule has 20 heavy (non-hydrogen) atoms. The largest absolute Gasteiger partial charge is 0.434 e. The van der Waals surface area contributed by atoms with E-state index >= 15 is 0 Å². The Morgan fingerprint density at radius 1 is 1.40 bits per heavy atom. The Kier molecular flexibility index (Phi) is 5.14. The summed E-state index contributed by atoms with van der Waals surface area (Å²) in [6.45, 7) is 0.186. The van der Waals surface area contributed by atoms with Crippen LogP contribution in [0.2, 0.25) is 0 Å². The molecule has 6 nitrogen and oxygen atoms in total. The average Bonchev–Trinajstić information content (AvgIpc) is 2.88. The van der Waals surface area contributed by atoms with E-state index in [2.05, 4.69) is 4.98 Å². The molecular formula is C13H15N3O3S. The van der Waals surface area contributed by atoms with Crippen molar-refractivity contribution < 1.29 is 10.0 Å². The van der Waals surface area contributed by atoms with Crippen molar-refractivity contribution in [3.63, 3.8) is 0 Å². The van der Waals surface area contributed by atoms with E-state index in [1.165, 1.54) is 17.0 Å². The van der Waals surface area contributed by atoms with Crippen molar-refractivity contribution in [2.75, 3.05) is 5.75 Å². The Balaban J connectivity index is 1.79. The molecule has 1 aromatic carbocycles. The molecule has 1 unspecified atom stereocenters. The minimum atomic E-state index is -0.626. The second-order valence-corrected chi connectivity index (χ2v) is 5.41. The van der Waals surface area contributed by atoms with Gasteiger partial charge in [-0.05, 0) is 23.5 Å². The lowest BCUT2D eigenvalue weighted by Gasteiger charge is -2.09. The number of thioether (sulfide) groups is 1. The van der Waals surface area contributed by atoms with E-state index in [-0.39, 0.29) is 12.5 Å². The molecule has 1 aromatic heterocycles. The van der Waals surface area contributed by atoms with Gasteiger partial charge in [0.25, 0.3) is 0 Å². The highest BCUT2D eigenvalue weighted by atomic mass is 32.2. The molecule has 1 N–H and O–H groups in total.